The van der Waals surface area contributed by atoms with Crippen LogP contribution in [0, 0.1) is 0 Å². The van der Waals surface area contributed by atoms with Crippen LogP contribution in [-0.2, 0) is 13.0 Å². The third kappa shape index (κ3) is 3.90. The van der Waals surface area contributed by atoms with Crippen molar-refractivity contribution < 1.29 is 0 Å². The summed E-state index contributed by atoms with van der Waals surface area (Å²) in [6.07, 6.45) is 1.05. The Morgan fingerprint density at radius 3 is 2.68 bits per heavy atom. The molecule has 1 aliphatic heterocycles. The molecule has 2 rings (SSSR count). The maximum Gasteiger partial charge on any atom is 0.107 e. The predicted molar refractivity (Wildman–Crippen MR) is 90.6 cm³/mol. The summed E-state index contributed by atoms with van der Waals surface area (Å²) >= 11 is 6.14. The Labute approximate surface area is 129 Å². The lowest BCUT2D eigenvalue weighted by atomic mass is 10.3. The Hall–Kier alpha value is 0.290. The Morgan fingerprint density at radius 1 is 1.26 bits per heavy atom. The average molecular weight is 317 g/mol. The number of nitrogens with zero attached hydrogens (tertiary/aromatic N) is 1. The molecule has 0 amide bonds. The van der Waals surface area contributed by atoms with Crippen molar-refractivity contribution in [1.82, 2.24) is 10.3 Å². The second-order valence-electron chi connectivity index (χ2n) is 4.92. The monoisotopic (exact) mass is 316 g/mol. The Kier molecular flexibility index (Phi) is 6.06. The molecule has 19 heavy (non-hydrogen) atoms. The highest BCUT2D eigenvalue weighted by atomic mass is 32.2. The maximum absolute atomic E-state index is 4.91. The third-order valence-electron chi connectivity index (χ3n) is 3.49. The van der Waals surface area contributed by atoms with Crippen LogP contribution in [0.25, 0.3) is 0 Å². The van der Waals surface area contributed by atoms with Crippen molar-refractivity contribution in [2.75, 3.05) is 12.3 Å². The largest absolute Gasteiger partial charge is 0.312 e. The molecule has 5 heteroatoms. The molecule has 0 saturated carbocycles. The number of thiazole rings is 1. The molecule has 1 saturated heterocycles. The first-order valence-corrected chi connectivity index (χ1v) is 9.92. The lowest BCUT2D eigenvalue weighted by Crippen LogP contribution is -2.21. The van der Waals surface area contributed by atoms with Gasteiger partial charge in [-0.15, -0.1) is 23.1 Å². The Bertz CT molecular complexity index is 405. The third-order valence-corrected chi connectivity index (χ3v) is 8.25. The molecular weight excluding hydrogens is 292 g/mol. The number of hydrogen-bond donors (Lipinski definition) is 1. The van der Waals surface area contributed by atoms with E-state index in [0.29, 0.717) is 5.25 Å². The van der Waals surface area contributed by atoms with E-state index in [0.717, 1.165) is 30.0 Å². The van der Waals surface area contributed by atoms with Gasteiger partial charge in [0.1, 0.15) is 5.01 Å². The van der Waals surface area contributed by atoms with Gasteiger partial charge in [0.2, 0.25) is 0 Å². The first-order valence-electron chi connectivity index (χ1n) is 7.11. The summed E-state index contributed by atoms with van der Waals surface area (Å²) in [4.78, 5) is 6.35. The van der Waals surface area contributed by atoms with Gasteiger partial charge in [0.15, 0.2) is 0 Å². The minimum Gasteiger partial charge on any atom is -0.312 e. The van der Waals surface area contributed by atoms with Gasteiger partial charge in [0.05, 0.1) is 10.9 Å². The van der Waals surface area contributed by atoms with Gasteiger partial charge < -0.3 is 5.32 Å². The van der Waals surface area contributed by atoms with Gasteiger partial charge in [0, 0.05) is 27.7 Å². The van der Waals surface area contributed by atoms with E-state index in [9.17, 15) is 0 Å². The quantitative estimate of drug-likeness (QED) is 0.883. The Balaban J connectivity index is 2.09. The molecule has 1 aromatic rings. The van der Waals surface area contributed by atoms with E-state index in [4.69, 9.17) is 4.98 Å². The smallest absolute Gasteiger partial charge is 0.107 e. The molecule has 1 aliphatic rings. The second kappa shape index (κ2) is 7.34. The van der Waals surface area contributed by atoms with E-state index in [1.54, 1.807) is 0 Å². The van der Waals surface area contributed by atoms with Crippen molar-refractivity contribution in [1.29, 1.82) is 0 Å². The molecule has 2 nitrogen and oxygen atoms in total. The minimum atomic E-state index is 0.599. The van der Waals surface area contributed by atoms with Crippen LogP contribution in [0.2, 0.25) is 0 Å². The number of hydrogen-bond acceptors (Lipinski definition) is 5. The zero-order valence-electron chi connectivity index (χ0n) is 12.2. The first-order chi connectivity index (χ1) is 9.15. The molecule has 0 radical (unpaired) electrons. The summed E-state index contributed by atoms with van der Waals surface area (Å²) in [6, 6.07) is 0. The van der Waals surface area contributed by atoms with Crippen LogP contribution in [0.15, 0.2) is 0 Å². The summed E-state index contributed by atoms with van der Waals surface area (Å²) in [6.45, 7) is 11.1. The number of aryl methyl sites for hydroxylation is 1. The zero-order chi connectivity index (χ0) is 13.8. The number of aromatic nitrogens is 1. The van der Waals surface area contributed by atoms with Crippen LogP contribution in [0.1, 0.15) is 48.5 Å². The van der Waals surface area contributed by atoms with E-state index >= 15 is 0 Å². The van der Waals surface area contributed by atoms with E-state index in [-0.39, 0.29) is 0 Å². The van der Waals surface area contributed by atoms with E-state index in [1.165, 1.54) is 21.3 Å². The van der Waals surface area contributed by atoms with Crippen LogP contribution in [-0.4, -0.2) is 27.8 Å². The summed E-state index contributed by atoms with van der Waals surface area (Å²) in [5.74, 6) is 1.22. The van der Waals surface area contributed by atoms with Gasteiger partial charge in [-0.25, -0.2) is 4.98 Å². The van der Waals surface area contributed by atoms with Gasteiger partial charge in [-0.05, 0) is 13.0 Å². The lowest BCUT2D eigenvalue weighted by molar-refractivity contribution is 0.727. The molecule has 1 fully saturated rings. The molecule has 1 aromatic heterocycles. The maximum atomic E-state index is 4.91. The van der Waals surface area contributed by atoms with E-state index in [1.807, 2.05) is 11.3 Å². The molecule has 3 atom stereocenters. The minimum absolute atomic E-state index is 0.599. The van der Waals surface area contributed by atoms with Crippen molar-refractivity contribution in [3.8, 4) is 0 Å². The highest BCUT2D eigenvalue weighted by molar-refractivity contribution is 8.07. The van der Waals surface area contributed by atoms with Crippen LogP contribution in [0.4, 0.5) is 0 Å². The zero-order valence-corrected chi connectivity index (χ0v) is 14.7. The SMILES string of the molecule is CCNCc1sc(C2CSC(C)C(C)S2)nc1CC. The first kappa shape index (κ1) is 15.7. The molecule has 0 aliphatic carbocycles. The van der Waals surface area contributed by atoms with Gasteiger partial charge in [-0.1, -0.05) is 27.7 Å². The molecule has 1 N–H and O–H groups in total. The van der Waals surface area contributed by atoms with Crippen molar-refractivity contribution in [2.45, 2.75) is 56.4 Å². The number of nitrogens with one attached hydrogen (secondary N) is 1. The van der Waals surface area contributed by atoms with Crippen molar-refractivity contribution in [2.24, 2.45) is 0 Å². The molecule has 0 aromatic carbocycles. The highest BCUT2D eigenvalue weighted by Crippen LogP contribution is 2.45. The van der Waals surface area contributed by atoms with Crippen LogP contribution in [0.3, 0.4) is 0 Å². The van der Waals surface area contributed by atoms with Crippen LogP contribution >= 0.6 is 34.9 Å². The summed E-state index contributed by atoms with van der Waals surface area (Å²) in [5, 5.41) is 6.88. The van der Waals surface area contributed by atoms with Gasteiger partial charge in [-0.3, -0.25) is 0 Å². The average Bonchev–Trinajstić information content (AvgIpc) is 2.82. The van der Waals surface area contributed by atoms with Gasteiger partial charge in [0.25, 0.3) is 0 Å². The lowest BCUT2D eigenvalue weighted by Gasteiger charge is -2.30. The van der Waals surface area contributed by atoms with Crippen molar-refractivity contribution in [3.63, 3.8) is 0 Å². The molecule has 3 unspecified atom stereocenters. The second-order valence-corrected chi connectivity index (χ2v) is 9.03. The fraction of sp³-hybridized carbons (Fsp3) is 0.786. The fourth-order valence-corrected chi connectivity index (χ4v) is 6.42. The molecule has 108 valence electrons. The Morgan fingerprint density at radius 2 is 2.05 bits per heavy atom. The van der Waals surface area contributed by atoms with Gasteiger partial charge in [-0.2, -0.15) is 11.8 Å². The van der Waals surface area contributed by atoms with E-state index < -0.39 is 0 Å². The summed E-state index contributed by atoms with van der Waals surface area (Å²) in [7, 11) is 0. The summed E-state index contributed by atoms with van der Waals surface area (Å²) in [5.41, 5.74) is 1.30. The topological polar surface area (TPSA) is 24.9 Å². The van der Waals surface area contributed by atoms with Crippen molar-refractivity contribution >= 4 is 34.9 Å². The van der Waals surface area contributed by atoms with Crippen LogP contribution in [0.5, 0.6) is 0 Å². The highest BCUT2D eigenvalue weighted by Gasteiger charge is 2.29. The molecule has 2 heterocycles. The molecule has 0 spiro atoms. The van der Waals surface area contributed by atoms with Gasteiger partial charge >= 0.3 is 0 Å². The normalized spacial score (nSPS) is 27.7. The predicted octanol–water partition coefficient (Wildman–Crippen LogP) is 4.11. The standard InChI is InChI=1S/C14H24N2S3/c1-5-11-12(7-15-6-2)19-14(16-11)13-8-17-9(3)10(4)18-13/h9-10,13,15H,5-8H2,1-4H3. The molecule has 0 bridgehead atoms. The number of thioether (sulfide) groups is 2. The summed E-state index contributed by atoms with van der Waals surface area (Å²) < 4.78 is 0. The molecular formula is C14H24N2S3. The number of rotatable bonds is 5. The van der Waals surface area contributed by atoms with Crippen LogP contribution < -0.4 is 5.32 Å². The van der Waals surface area contributed by atoms with Crippen molar-refractivity contribution in [3.05, 3.63) is 15.6 Å². The fourth-order valence-electron chi connectivity index (χ4n) is 2.11. The van der Waals surface area contributed by atoms with E-state index in [2.05, 4.69) is 56.5 Å².